The van der Waals surface area contributed by atoms with Gasteiger partial charge >= 0.3 is 33.6 Å². The highest BCUT2D eigenvalue weighted by Gasteiger charge is 2.29. The first kappa shape index (κ1) is 106. The van der Waals surface area contributed by atoms with Gasteiger partial charge in [0.25, 0.3) is 0 Å². The van der Waals surface area contributed by atoms with Crippen LogP contribution < -0.4 is 0 Å². The molecule has 0 saturated heterocycles. The summed E-state index contributed by atoms with van der Waals surface area (Å²) in [5.74, 6) is -1.59. The summed E-state index contributed by atoms with van der Waals surface area (Å²) in [6.07, 6.45) is 107. The van der Waals surface area contributed by atoms with Crippen molar-refractivity contribution in [3.05, 3.63) is 158 Å². The normalized spacial score (nSPS) is 14.6. The molecule has 0 saturated carbocycles. The first-order chi connectivity index (χ1) is 54.2. The molecular formula is C93H158O16P2. The Bertz CT molecular complexity index is 2650. The van der Waals surface area contributed by atoms with Gasteiger partial charge in [0.05, 0.1) is 26.4 Å². The van der Waals surface area contributed by atoms with Gasteiger partial charge in [-0.25, -0.2) is 9.13 Å². The van der Waals surface area contributed by atoms with Crippen molar-refractivity contribution in [3.8, 4) is 0 Å². The highest BCUT2D eigenvalue weighted by atomic mass is 31.2. The molecule has 0 aromatic heterocycles. The summed E-state index contributed by atoms with van der Waals surface area (Å²) in [5, 5.41) is 20.7. The zero-order valence-corrected chi connectivity index (χ0v) is 71.6. The number of phosphoric acid groups is 2. The summed E-state index contributed by atoms with van der Waals surface area (Å²) in [6.45, 7) is 2.35. The number of allylic oxidation sites excluding steroid dienone is 26. The molecule has 0 rings (SSSR count). The highest BCUT2D eigenvalue weighted by molar-refractivity contribution is 7.47. The van der Waals surface area contributed by atoms with Crippen molar-refractivity contribution >= 4 is 33.6 Å². The quantitative estimate of drug-likeness (QED) is 0.0146. The average Bonchev–Trinajstić information content (AvgIpc) is 0.908. The molecule has 0 radical (unpaired) electrons. The van der Waals surface area contributed by atoms with Crippen LogP contribution in [0.15, 0.2) is 158 Å². The third-order valence-corrected chi connectivity index (χ3v) is 20.1. The van der Waals surface area contributed by atoms with Crippen molar-refractivity contribution in [1.82, 2.24) is 0 Å². The van der Waals surface area contributed by atoms with Gasteiger partial charge < -0.3 is 34.2 Å². The fourth-order valence-electron chi connectivity index (χ4n) is 11.7. The van der Waals surface area contributed by atoms with Crippen molar-refractivity contribution in [1.29, 1.82) is 0 Å². The number of carbonyl (C=O) groups excluding carboxylic acids is 3. The predicted octanol–water partition coefficient (Wildman–Crippen LogP) is 26.5. The number of aliphatic hydroxyl groups is 2. The summed E-state index contributed by atoms with van der Waals surface area (Å²) >= 11 is 0. The topological polar surface area (TPSA) is 231 Å². The molecule has 0 spiro atoms. The molecule has 16 nitrogen and oxygen atoms in total. The second-order valence-corrected chi connectivity index (χ2v) is 31.8. The van der Waals surface area contributed by atoms with E-state index in [1.54, 1.807) is 0 Å². The van der Waals surface area contributed by atoms with Gasteiger partial charge in [-0.15, -0.1) is 0 Å². The molecule has 0 heterocycles. The molecule has 0 fully saturated rings. The second kappa shape index (κ2) is 84.6. The van der Waals surface area contributed by atoms with Crippen molar-refractivity contribution in [2.75, 3.05) is 39.6 Å². The van der Waals surface area contributed by atoms with Crippen LogP contribution in [0.5, 0.6) is 0 Å². The van der Waals surface area contributed by atoms with Gasteiger partial charge in [-0.1, -0.05) is 352 Å². The summed E-state index contributed by atoms with van der Waals surface area (Å²) in [5.41, 5.74) is 0. The number of aliphatic hydroxyl groups excluding tert-OH is 2. The Balaban J connectivity index is 4.49. The molecule has 636 valence electrons. The smallest absolute Gasteiger partial charge is 0.463 e. The van der Waals surface area contributed by atoms with Gasteiger partial charge in [-0.3, -0.25) is 32.5 Å². The lowest BCUT2D eigenvalue weighted by molar-refractivity contribution is -0.161. The number of rotatable bonds is 82. The lowest BCUT2D eigenvalue weighted by Gasteiger charge is -2.21. The number of ether oxygens (including phenoxy) is 3. The Labute approximate surface area is 676 Å². The maximum atomic E-state index is 13.0. The Kier molecular flexibility index (Phi) is 80.9. The summed E-state index contributed by atoms with van der Waals surface area (Å²) in [4.78, 5) is 58.8. The predicted molar refractivity (Wildman–Crippen MR) is 463 cm³/mol. The number of hydrogen-bond donors (Lipinski definition) is 4. The van der Waals surface area contributed by atoms with E-state index >= 15 is 0 Å². The number of carbonyl (C=O) groups is 3. The lowest BCUT2D eigenvalue weighted by atomic mass is 10.0. The van der Waals surface area contributed by atoms with Crippen molar-refractivity contribution in [2.45, 2.75) is 373 Å². The molecule has 0 aliphatic carbocycles. The van der Waals surface area contributed by atoms with Gasteiger partial charge in [-0.2, -0.15) is 0 Å². The standard InChI is InChI=1S/C93H158O16P2/c1-4-7-10-13-16-19-22-25-28-30-32-34-36-38-40-42-43-45-47-48-50-52-54-56-59-61-64-67-70-73-76-79-91(96)103-82-88(94)83-105-110(99,100)106-84-89(95)85-107-111(101,102)108-87-90(109-93(98)81-78-75-72-69-66-63-58-27-24-21-18-15-12-9-6-3)86-104-92(97)80-77-74-71-68-65-62-60-57-55-53-51-49-46-44-41-39-37-35-33-31-29-26-23-20-17-14-11-8-5-2/h7-12,16-21,25-29,32-35,38-41,58,88-90,94-95H,4-6,13-15,22-24,30-31,36-37,42-57,59-87H2,1-3H3,(H,99,100)(H,101,102)/b10-7-,11-8-,12-9-,19-16-,20-17-,21-18-,28-25-,29-26-,34-32-,35-33-,40-38-,41-39-,58-27-. The van der Waals surface area contributed by atoms with Crippen LogP contribution in [-0.4, -0.2) is 95.9 Å². The Morgan fingerprint density at radius 2 is 0.450 bits per heavy atom. The molecule has 5 unspecified atom stereocenters. The summed E-state index contributed by atoms with van der Waals surface area (Å²) in [6, 6.07) is 0. The molecule has 0 aliphatic rings. The third kappa shape index (κ3) is 85.9. The monoisotopic (exact) mass is 1590 g/mol. The Hall–Kier alpha value is -4.83. The minimum Gasteiger partial charge on any atom is -0.463 e. The van der Waals surface area contributed by atoms with Crippen LogP contribution in [0.1, 0.15) is 355 Å². The first-order valence-electron chi connectivity index (χ1n) is 43.8. The number of unbranched alkanes of at least 4 members (excludes halogenated alkanes) is 33. The minimum atomic E-state index is -4.94. The molecule has 18 heteroatoms. The number of phosphoric ester groups is 2. The van der Waals surface area contributed by atoms with E-state index in [1.165, 1.54) is 128 Å². The van der Waals surface area contributed by atoms with E-state index in [9.17, 15) is 43.5 Å². The highest BCUT2D eigenvalue weighted by Crippen LogP contribution is 2.45. The minimum absolute atomic E-state index is 0.0823. The molecule has 0 bridgehead atoms. The van der Waals surface area contributed by atoms with Crippen molar-refractivity contribution in [2.24, 2.45) is 0 Å². The van der Waals surface area contributed by atoms with E-state index in [1.807, 2.05) is 0 Å². The van der Waals surface area contributed by atoms with E-state index in [-0.39, 0.29) is 19.3 Å². The van der Waals surface area contributed by atoms with Crippen LogP contribution >= 0.6 is 15.6 Å². The fourth-order valence-corrected chi connectivity index (χ4v) is 13.3. The van der Waals surface area contributed by atoms with Gasteiger partial charge in [0.15, 0.2) is 6.10 Å². The van der Waals surface area contributed by atoms with E-state index in [0.717, 1.165) is 167 Å². The van der Waals surface area contributed by atoms with E-state index in [4.69, 9.17) is 32.3 Å². The fraction of sp³-hybridized carbons (Fsp3) is 0.688. The van der Waals surface area contributed by atoms with Crippen LogP contribution in [0.4, 0.5) is 0 Å². The summed E-state index contributed by atoms with van der Waals surface area (Å²) < 4.78 is 61.3. The van der Waals surface area contributed by atoms with Gasteiger partial charge in [0, 0.05) is 19.3 Å². The van der Waals surface area contributed by atoms with Crippen LogP contribution in [0.25, 0.3) is 0 Å². The molecule has 5 atom stereocenters. The Morgan fingerprint density at radius 3 is 0.712 bits per heavy atom. The zero-order valence-electron chi connectivity index (χ0n) is 69.8. The largest absolute Gasteiger partial charge is 0.472 e. The average molecular weight is 1590 g/mol. The van der Waals surface area contributed by atoms with Gasteiger partial charge in [0.1, 0.15) is 25.4 Å². The van der Waals surface area contributed by atoms with E-state index < -0.39 is 91.5 Å². The van der Waals surface area contributed by atoms with Crippen molar-refractivity contribution < 1.29 is 75.8 Å². The molecule has 0 aromatic carbocycles. The molecular weight excluding hydrogens is 1430 g/mol. The SMILES string of the molecule is CC/C=C\C/C=C\C/C=C\C/C=C\C/C=C\CCCCCCCCCCCCCCCCCC(=O)OCC(O)COP(=O)(O)OCC(O)COP(=O)(O)OCC(COC(=O)CCCCCCCCCCCCCCC/C=C\C/C=C\C/C=C\C/C=C\C/C=C\CC)OC(=O)CCCCCCC/C=C\C/C=C\C/C=C\CC. The van der Waals surface area contributed by atoms with Crippen LogP contribution in [0.3, 0.4) is 0 Å². The first-order valence-corrected chi connectivity index (χ1v) is 46.8. The molecule has 0 amide bonds. The summed E-state index contributed by atoms with van der Waals surface area (Å²) in [7, 11) is -9.81. The Morgan fingerprint density at radius 1 is 0.252 bits per heavy atom. The maximum absolute atomic E-state index is 13.0. The van der Waals surface area contributed by atoms with Crippen LogP contribution in [0.2, 0.25) is 0 Å². The van der Waals surface area contributed by atoms with Gasteiger partial charge in [0.2, 0.25) is 0 Å². The van der Waals surface area contributed by atoms with E-state index in [0.29, 0.717) is 19.3 Å². The molecule has 0 aliphatic heterocycles. The lowest BCUT2D eigenvalue weighted by Crippen LogP contribution is -2.30. The third-order valence-electron chi connectivity index (χ3n) is 18.2. The molecule has 111 heavy (non-hydrogen) atoms. The van der Waals surface area contributed by atoms with Gasteiger partial charge in [-0.05, 0) is 141 Å². The van der Waals surface area contributed by atoms with E-state index in [2.05, 4.69) is 179 Å². The zero-order chi connectivity index (χ0) is 80.8. The second-order valence-electron chi connectivity index (χ2n) is 28.9. The van der Waals surface area contributed by atoms with Crippen LogP contribution in [0, 0.1) is 0 Å². The number of hydrogen-bond acceptors (Lipinski definition) is 14. The van der Waals surface area contributed by atoms with Crippen LogP contribution in [-0.2, 0) is 55.8 Å². The molecule has 0 aromatic rings. The number of esters is 3. The van der Waals surface area contributed by atoms with Crippen molar-refractivity contribution in [3.63, 3.8) is 0 Å². The maximum Gasteiger partial charge on any atom is 0.472 e. The molecule has 4 N–H and O–H groups in total.